The highest BCUT2D eigenvalue weighted by Gasteiger charge is 2.55. The minimum atomic E-state index is -0.703. The number of hydrogen-bond donors (Lipinski definition) is 0. The molecule has 2 aliphatic carbocycles. The average molecular weight is 866 g/mol. The Morgan fingerprint density at radius 3 is 1.41 bits per heavy atom. The zero-order chi connectivity index (χ0) is 44.8. The Balaban J connectivity index is 1.11. The quantitative estimate of drug-likeness (QED) is 0.158. The molecule has 1 unspecified atom stereocenters. The van der Waals surface area contributed by atoms with Crippen LogP contribution in [0.5, 0.6) is 0 Å². The summed E-state index contributed by atoms with van der Waals surface area (Å²) in [5.41, 5.74) is 19.6. The highest BCUT2D eigenvalue weighted by molar-refractivity contribution is 6.11. The predicted molar refractivity (Wildman–Crippen MR) is 284 cm³/mol. The highest BCUT2D eigenvalue weighted by atomic mass is 15.2. The van der Waals surface area contributed by atoms with E-state index >= 15 is 0 Å². The van der Waals surface area contributed by atoms with Crippen molar-refractivity contribution in [2.24, 2.45) is 0 Å². The molecule has 318 valence electrons. The van der Waals surface area contributed by atoms with E-state index in [0.717, 1.165) is 45.3 Å². The molecule has 0 fully saturated rings. The van der Waals surface area contributed by atoms with Gasteiger partial charge in [0.05, 0.1) is 27.8 Å². The van der Waals surface area contributed by atoms with Crippen LogP contribution in [0.4, 0.5) is 34.1 Å². The van der Waals surface area contributed by atoms with E-state index in [1.165, 1.54) is 71.6 Å². The van der Waals surface area contributed by atoms with Crippen LogP contribution in [-0.4, -0.2) is 4.57 Å². The van der Waals surface area contributed by atoms with Crippen LogP contribution in [0.1, 0.15) is 22.3 Å². The van der Waals surface area contributed by atoms with E-state index in [-0.39, 0.29) is 0 Å². The second-order valence-electron chi connectivity index (χ2n) is 18.0. The maximum absolute atomic E-state index is 2.54. The third kappa shape index (κ3) is 5.47. The Kier molecular flexibility index (Phi) is 8.50. The van der Waals surface area contributed by atoms with Gasteiger partial charge in [0.2, 0.25) is 0 Å². The number of nitrogens with zero attached hydrogens (tertiary/aromatic N) is 3. The number of anilines is 6. The van der Waals surface area contributed by atoms with Gasteiger partial charge in [-0.05, 0) is 123 Å². The summed E-state index contributed by atoms with van der Waals surface area (Å²) in [4.78, 5) is 5.01. The molecule has 68 heavy (non-hydrogen) atoms. The summed E-state index contributed by atoms with van der Waals surface area (Å²) in [6, 6.07) is 96.3. The van der Waals surface area contributed by atoms with Gasteiger partial charge >= 0.3 is 0 Å². The minimum Gasteiger partial charge on any atom is -0.310 e. The van der Waals surface area contributed by atoms with Gasteiger partial charge in [-0.2, -0.15) is 0 Å². The van der Waals surface area contributed by atoms with E-state index in [2.05, 4.69) is 275 Å². The summed E-state index contributed by atoms with van der Waals surface area (Å²) < 4.78 is 2.43. The first kappa shape index (κ1) is 38.4. The number of fused-ring (bicyclic) bond motifs is 14. The van der Waals surface area contributed by atoms with Crippen LogP contribution in [0.15, 0.2) is 261 Å². The molecule has 0 amide bonds. The molecular formula is C65H43N3. The Bertz CT molecular complexity index is 3880. The maximum Gasteiger partial charge on any atom is 0.0766 e. The van der Waals surface area contributed by atoms with Crippen LogP contribution in [0.3, 0.4) is 0 Å². The lowest BCUT2D eigenvalue weighted by Gasteiger charge is -2.38. The van der Waals surface area contributed by atoms with E-state index in [1.807, 2.05) is 0 Å². The second kappa shape index (κ2) is 15.1. The smallest absolute Gasteiger partial charge is 0.0766 e. The topological polar surface area (TPSA) is 11.4 Å². The molecule has 0 bridgehead atoms. The van der Waals surface area contributed by atoms with E-state index in [4.69, 9.17) is 0 Å². The second-order valence-corrected chi connectivity index (χ2v) is 18.0. The molecule has 0 saturated carbocycles. The van der Waals surface area contributed by atoms with Crippen molar-refractivity contribution in [2.75, 3.05) is 9.80 Å². The highest BCUT2D eigenvalue weighted by Crippen LogP contribution is 2.67. The first-order chi connectivity index (χ1) is 33.8. The number of benzene rings is 11. The van der Waals surface area contributed by atoms with Gasteiger partial charge in [0.1, 0.15) is 0 Å². The van der Waals surface area contributed by atoms with E-state index in [9.17, 15) is 0 Å². The third-order valence-corrected chi connectivity index (χ3v) is 14.5. The van der Waals surface area contributed by atoms with Crippen molar-refractivity contribution in [3.63, 3.8) is 0 Å². The van der Waals surface area contributed by atoms with Gasteiger partial charge in [0.15, 0.2) is 0 Å². The molecule has 11 aromatic carbocycles. The van der Waals surface area contributed by atoms with Crippen molar-refractivity contribution >= 4 is 66.7 Å². The van der Waals surface area contributed by atoms with Crippen LogP contribution in [0.2, 0.25) is 0 Å². The SMILES string of the molecule is c1ccc(N(c2ccccc2)c2cccc3c2C2(c4ccccc4-3)c3ccccc3-c3cccc(N(c4ccc5ccccc5c4)c4ccc5c6ccccc6n(-c6ccccc6)c5c4)c32)cc1. The fourth-order valence-electron chi connectivity index (χ4n) is 11.9. The largest absolute Gasteiger partial charge is 0.310 e. The molecular weight excluding hydrogens is 823 g/mol. The number of rotatable bonds is 7. The van der Waals surface area contributed by atoms with Crippen molar-refractivity contribution in [3.05, 3.63) is 283 Å². The summed E-state index contributed by atoms with van der Waals surface area (Å²) in [5.74, 6) is 0. The molecule has 3 nitrogen and oxygen atoms in total. The lowest BCUT2D eigenvalue weighted by atomic mass is 9.69. The molecule has 1 atom stereocenters. The molecule has 12 aromatic rings. The molecule has 3 heteroatoms. The summed E-state index contributed by atoms with van der Waals surface area (Å²) in [5, 5.41) is 4.86. The van der Waals surface area contributed by atoms with Crippen LogP contribution >= 0.6 is 0 Å². The number of para-hydroxylation sites is 4. The zero-order valence-electron chi connectivity index (χ0n) is 37.2. The normalized spacial score (nSPS) is 14.2. The molecule has 0 aliphatic heterocycles. The van der Waals surface area contributed by atoms with Crippen LogP contribution < -0.4 is 9.80 Å². The van der Waals surface area contributed by atoms with E-state index in [1.54, 1.807) is 0 Å². The first-order valence-corrected chi connectivity index (χ1v) is 23.5. The van der Waals surface area contributed by atoms with Crippen LogP contribution in [-0.2, 0) is 5.41 Å². The lowest BCUT2D eigenvalue weighted by molar-refractivity contribution is 0.792. The number of hydrogen-bond acceptors (Lipinski definition) is 2. The molecule has 1 spiro atoms. The molecule has 2 aliphatic rings. The van der Waals surface area contributed by atoms with E-state index < -0.39 is 5.41 Å². The maximum atomic E-state index is 2.54. The van der Waals surface area contributed by atoms with Crippen molar-refractivity contribution in [1.82, 2.24) is 4.57 Å². The van der Waals surface area contributed by atoms with Gasteiger partial charge in [0.25, 0.3) is 0 Å². The fourth-order valence-corrected chi connectivity index (χ4v) is 11.9. The Morgan fingerprint density at radius 2 is 0.765 bits per heavy atom. The van der Waals surface area contributed by atoms with Gasteiger partial charge in [-0.25, -0.2) is 0 Å². The van der Waals surface area contributed by atoms with Crippen LogP contribution in [0.25, 0.3) is 60.5 Å². The Morgan fingerprint density at radius 1 is 0.294 bits per heavy atom. The summed E-state index contributed by atoms with van der Waals surface area (Å²) in [6.45, 7) is 0. The van der Waals surface area contributed by atoms with Crippen molar-refractivity contribution in [1.29, 1.82) is 0 Å². The predicted octanol–water partition coefficient (Wildman–Crippen LogP) is 17.2. The summed E-state index contributed by atoms with van der Waals surface area (Å²) >= 11 is 0. The molecule has 0 saturated heterocycles. The third-order valence-electron chi connectivity index (χ3n) is 14.5. The number of aromatic nitrogens is 1. The van der Waals surface area contributed by atoms with Crippen molar-refractivity contribution in [3.8, 4) is 27.9 Å². The Hall–Kier alpha value is -8.92. The monoisotopic (exact) mass is 865 g/mol. The summed E-state index contributed by atoms with van der Waals surface area (Å²) in [6.07, 6.45) is 0. The summed E-state index contributed by atoms with van der Waals surface area (Å²) in [7, 11) is 0. The van der Waals surface area contributed by atoms with Gasteiger partial charge in [0, 0.05) is 50.3 Å². The average Bonchev–Trinajstić information content (AvgIpc) is 4.02. The molecule has 14 rings (SSSR count). The lowest BCUT2D eigenvalue weighted by Crippen LogP contribution is -2.30. The molecule has 0 N–H and O–H groups in total. The van der Waals surface area contributed by atoms with Crippen molar-refractivity contribution < 1.29 is 0 Å². The minimum absolute atomic E-state index is 0.703. The van der Waals surface area contributed by atoms with Gasteiger partial charge in [-0.15, -0.1) is 0 Å². The molecule has 0 radical (unpaired) electrons. The fraction of sp³-hybridized carbons (Fsp3) is 0.0154. The van der Waals surface area contributed by atoms with Crippen molar-refractivity contribution in [2.45, 2.75) is 5.41 Å². The van der Waals surface area contributed by atoms with Gasteiger partial charge < -0.3 is 14.4 Å². The molecule has 1 heterocycles. The van der Waals surface area contributed by atoms with Crippen LogP contribution in [0, 0.1) is 0 Å². The Labute approximate surface area is 395 Å². The molecule has 1 aromatic heterocycles. The zero-order valence-corrected chi connectivity index (χ0v) is 37.2. The first-order valence-electron chi connectivity index (χ1n) is 23.5. The van der Waals surface area contributed by atoms with E-state index in [0.29, 0.717) is 0 Å². The van der Waals surface area contributed by atoms with Gasteiger partial charge in [-0.1, -0.05) is 182 Å². The standard InChI is InChI=1S/C65H43N3/c1-4-22-46(23-5-1)66(47-24-6-2-7-25-47)60-36-18-31-55-51-28-12-15-33-57(51)65(63(55)60)58-34-16-13-29-52(58)56-32-19-37-61(64(56)65)67(49-39-38-44-20-10-11-21-45(44)42-49)50-40-41-54-53-30-14-17-35-59(53)68(62(54)43-50)48-26-8-3-9-27-48/h1-43H. The van der Waals surface area contributed by atoms with Gasteiger partial charge in [-0.3, -0.25) is 0 Å².